The van der Waals surface area contributed by atoms with Gasteiger partial charge >= 0.3 is 5.97 Å². The highest BCUT2D eigenvalue weighted by Crippen LogP contribution is 2.33. The Hall–Kier alpha value is -1.81. The minimum Gasteiger partial charge on any atom is -0.466 e. The Morgan fingerprint density at radius 2 is 2.00 bits per heavy atom. The third-order valence-corrected chi connectivity index (χ3v) is 3.40. The molecule has 0 fully saturated rings. The Labute approximate surface area is 116 Å². The van der Waals surface area contributed by atoms with Crippen LogP contribution in [0, 0.1) is 0 Å². The molecular weight excluding hydrogens is 266 g/mol. The van der Waals surface area contributed by atoms with Gasteiger partial charge in [0.2, 0.25) is 5.91 Å². The van der Waals surface area contributed by atoms with Crippen molar-refractivity contribution >= 4 is 23.5 Å². The predicted octanol–water partition coefficient (Wildman–Crippen LogP) is 2.39. The van der Waals surface area contributed by atoms with Crippen LogP contribution in [0.1, 0.15) is 24.8 Å². The van der Waals surface area contributed by atoms with Crippen molar-refractivity contribution in [1.29, 1.82) is 0 Å². The fourth-order valence-corrected chi connectivity index (χ4v) is 2.39. The largest absolute Gasteiger partial charge is 0.466 e. The summed E-state index contributed by atoms with van der Waals surface area (Å²) in [6.07, 6.45) is 0.226. The lowest BCUT2D eigenvalue weighted by Gasteiger charge is -2.26. The number of carbonyl (C=O) groups is 2. The number of halogens is 1. The molecule has 0 bridgehead atoms. The van der Waals surface area contributed by atoms with Crippen LogP contribution < -0.4 is 5.32 Å². The number of methoxy groups -OCH3 is 1. The number of amides is 1. The van der Waals surface area contributed by atoms with Crippen molar-refractivity contribution in [3.05, 3.63) is 46.1 Å². The van der Waals surface area contributed by atoms with Crippen molar-refractivity contribution in [3.8, 4) is 0 Å². The molecule has 1 aromatic rings. The second-order valence-corrected chi connectivity index (χ2v) is 4.82. The van der Waals surface area contributed by atoms with Crippen molar-refractivity contribution < 1.29 is 14.3 Å². The highest BCUT2D eigenvalue weighted by molar-refractivity contribution is 6.30. The van der Waals surface area contributed by atoms with Gasteiger partial charge in [-0.3, -0.25) is 4.79 Å². The topological polar surface area (TPSA) is 55.4 Å². The van der Waals surface area contributed by atoms with Gasteiger partial charge in [0.1, 0.15) is 0 Å². The summed E-state index contributed by atoms with van der Waals surface area (Å²) in [5.41, 5.74) is 1.91. The third-order valence-electron chi connectivity index (χ3n) is 3.15. The summed E-state index contributed by atoms with van der Waals surface area (Å²) in [6, 6.07) is 7.13. The monoisotopic (exact) mass is 279 g/mol. The first-order valence-electron chi connectivity index (χ1n) is 5.87. The lowest BCUT2D eigenvalue weighted by Crippen LogP contribution is -2.33. The number of allylic oxidation sites excluding steroid dienone is 1. The molecule has 0 unspecified atom stereocenters. The molecule has 5 heteroatoms. The maximum absolute atomic E-state index is 11.9. The number of benzene rings is 1. The maximum atomic E-state index is 11.9. The summed E-state index contributed by atoms with van der Waals surface area (Å²) < 4.78 is 4.80. The van der Waals surface area contributed by atoms with E-state index in [-0.39, 0.29) is 18.2 Å². The van der Waals surface area contributed by atoms with Gasteiger partial charge in [-0.1, -0.05) is 23.7 Å². The quantitative estimate of drug-likeness (QED) is 0.846. The molecule has 19 heavy (non-hydrogen) atoms. The Kier molecular flexibility index (Phi) is 3.90. The summed E-state index contributed by atoms with van der Waals surface area (Å²) in [4.78, 5) is 23.5. The number of carbonyl (C=O) groups excluding carboxylic acids is 2. The molecule has 0 spiro atoms. The summed E-state index contributed by atoms with van der Waals surface area (Å²) in [5, 5.41) is 3.28. The molecule has 100 valence electrons. The molecule has 1 amide bonds. The maximum Gasteiger partial charge on any atom is 0.336 e. The first kappa shape index (κ1) is 13.6. The number of nitrogens with one attached hydrogen (secondary N) is 1. The highest BCUT2D eigenvalue weighted by atomic mass is 35.5. The Morgan fingerprint density at radius 3 is 2.58 bits per heavy atom. The SMILES string of the molecule is COC(=O)C1=C(C)NC(=O)C[C@@H]1c1ccc(Cl)cc1. The smallest absolute Gasteiger partial charge is 0.336 e. The van der Waals surface area contributed by atoms with Gasteiger partial charge in [-0.05, 0) is 24.6 Å². The van der Waals surface area contributed by atoms with Gasteiger partial charge < -0.3 is 10.1 Å². The van der Waals surface area contributed by atoms with Gasteiger partial charge in [0, 0.05) is 23.1 Å². The average Bonchev–Trinajstić information content (AvgIpc) is 2.38. The second kappa shape index (κ2) is 5.45. The number of ether oxygens (including phenoxy) is 1. The number of rotatable bonds is 2. The van der Waals surface area contributed by atoms with Crippen LogP contribution in [0.15, 0.2) is 35.5 Å². The van der Waals surface area contributed by atoms with Crippen LogP contribution in [0.4, 0.5) is 0 Å². The molecular formula is C14H14ClNO3. The summed E-state index contributed by atoms with van der Waals surface area (Å²) in [6.45, 7) is 1.70. The molecule has 0 aliphatic carbocycles. The number of hydrogen-bond donors (Lipinski definition) is 1. The van der Waals surface area contributed by atoms with E-state index in [4.69, 9.17) is 16.3 Å². The van der Waals surface area contributed by atoms with Crippen LogP contribution in [0.25, 0.3) is 0 Å². The molecule has 2 rings (SSSR count). The van der Waals surface area contributed by atoms with E-state index in [9.17, 15) is 9.59 Å². The Morgan fingerprint density at radius 1 is 1.37 bits per heavy atom. The first-order valence-corrected chi connectivity index (χ1v) is 6.25. The molecule has 1 heterocycles. The zero-order valence-electron chi connectivity index (χ0n) is 10.7. The van der Waals surface area contributed by atoms with Crippen LogP contribution >= 0.6 is 11.6 Å². The molecule has 1 aliphatic rings. The van der Waals surface area contributed by atoms with E-state index >= 15 is 0 Å². The van der Waals surface area contributed by atoms with Crippen LogP contribution in [-0.2, 0) is 14.3 Å². The van der Waals surface area contributed by atoms with Gasteiger partial charge in [0.25, 0.3) is 0 Å². The fraction of sp³-hybridized carbons (Fsp3) is 0.286. The summed E-state index contributed by atoms with van der Waals surface area (Å²) in [7, 11) is 1.33. The molecule has 1 atom stereocenters. The summed E-state index contributed by atoms with van der Waals surface area (Å²) >= 11 is 5.85. The normalized spacial score (nSPS) is 19.1. The van der Waals surface area contributed by atoms with Gasteiger partial charge in [-0.15, -0.1) is 0 Å². The summed E-state index contributed by atoms with van der Waals surface area (Å²) in [5.74, 6) is -0.819. The standard InChI is InChI=1S/C14H14ClNO3/c1-8-13(14(18)19-2)11(7-12(17)16-8)9-3-5-10(15)6-4-9/h3-6,11H,7H2,1-2H3,(H,16,17)/t11-/m1/s1. The molecule has 1 aliphatic heterocycles. The van der Waals surface area contributed by atoms with Crippen LogP contribution in [0.2, 0.25) is 5.02 Å². The first-order chi connectivity index (χ1) is 9.02. The third kappa shape index (κ3) is 2.79. The van der Waals surface area contributed by atoms with Crippen molar-refractivity contribution in [3.63, 3.8) is 0 Å². The molecule has 0 radical (unpaired) electrons. The molecule has 1 N–H and O–H groups in total. The lowest BCUT2D eigenvalue weighted by molar-refractivity contribution is -0.136. The van der Waals surface area contributed by atoms with E-state index < -0.39 is 5.97 Å². The van der Waals surface area contributed by atoms with Crippen LogP contribution in [-0.4, -0.2) is 19.0 Å². The van der Waals surface area contributed by atoms with Gasteiger partial charge in [-0.2, -0.15) is 0 Å². The lowest BCUT2D eigenvalue weighted by atomic mass is 9.84. The molecule has 1 aromatic carbocycles. The zero-order chi connectivity index (χ0) is 14.0. The van der Waals surface area contributed by atoms with Crippen molar-refractivity contribution in [2.75, 3.05) is 7.11 Å². The molecule has 0 saturated carbocycles. The number of esters is 1. The van der Waals surface area contributed by atoms with Gasteiger partial charge in [0.15, 0.2) is 0 Å². The van der Waals surface area contributed by atoms with Crippen molar-refractivity contribution in [2.45, 2.75) is 19.3 Å². The van der Waals surface area contributed by atoms with Gasteiger partial charge in [0.05, 0.1) is 12.7 Å². The van der Waals surface area contributed by atoms with E-state index in [0.29, 0.717) is 16.3 Å². The molecule has 0 saturated heterocycles. The van der Waals surface area contributed by atoms with Crippen molar-refractivity contribution in [1.82, 2.24) is 5.32 Å². The highest BCUT2D eigenvalue weighted by Gasteiger charge is 2.32. The number of hydrogen-bond acceptors (Lipinski definition) is 3. The van der Waals surface area contributed by atoms with E-state index in [1.165, 1.54) is 7.11 Å². The van der Waals surface area contributed by atoms with Gasteiger partial charge in [-0.25, -0.2) is 4.79 Å². The minimum absolute atomic E-state index is 0.106. The van der Waals surface area contributed by atoms with Crippen LogP contribution in [0.5, 0.6) is 0 Å². The Bertz CT molecular complexity index is 548. The van der Waals surface area contributed by atoms with Crippen molar-refractivity contribution in [2.24, 2.45) is 0 Å². The van der Waals surface area contributed by atoms with Crippen LogP contribution in [0.3, 0.4) is 0 Å². The van der Waals surface area contributed by atoms with E-state index in [1.54, 1.807) is 19.1 Å². The zero-order valence-corrected chi connectivity index (χ0v) is 11.5. The van der Waals surface area contributed by atoms with E-state index in [2.05, 4.69) is 5.32 Å². The molecule has 0 aromatic heterocycles. The average molecular weight is 280 g/mol. The second-order valence-electron chi connectivity index (χ2n) is 4.39. The Balaban J connectivity index is 2.46. The van der Waals surface area contributed by atoms with E-state index in [1.807, 2.05) is 12.1 Å². The predicted molar refractivity (Wildman–Crippen MR) is 71.7 cm³/mol. The van der Waals surface area contributed by atoms with E-state index in [0.717, 1.165) is 5.56 Å². The molecule has 4 nitrogen and oxygen atoms in total. The fourth-order valence-electron chi connectivity index (χ4n) is 2.26. The minimum atomic E-state index is -0.419.